The van der Waals surface area contributed by atoms with E-state index < -0.39 is 6.10 Å². The number of benzene rings is 1. The Morgan fingerprint density at radius 2 is 1.44 bits per heavy atom. The van der Waals surface area contributed by atoms with Crippen LogP contribution in [0.4, 0.5) is 0 Å². The first-order valence-corrected chi connectivity index (χ1v) is 10.2. The standard InChI is InChI=1S/C23H41NO3/c1-10-16(11-2)24-14-17(25)15-27-21-19(22(3,4)5)12-18(26-9)13-20(21)23(6,7)8/h12-13,16-17,24-25H,10-11,14-15H2,1-9H3. The molecule has 0 saturated carbocycles. The topological polar surface area (TPSA) is 50.7 Å². The number of rotatable bonds is 9. The van der Waals surface area contributed by atoms with Crippen LogP contribution in [0.5, 0.6) is 11.5 Å². The van der Waals surface area contributed by atoms with Crippen LogP contribution in [0.15, 0.2) is 12.1 Å². The second-order valence-corrected chi connectivity index (χ2v) is 9.44. The van der Waals surface area contributed by atoms with Crippen LogP contribution in [0.25, 0.3) is 0 Å². The molecule has 1 atom stereocenters. The van der Waals surface area contributed by atoms with Crippen molar-refractivity contribution in [3.05, 3.63) is 23.3 Å². The van der Waals surface area contributed by atoms with Gasteiger partial charge in [-0.1, -0.05) is 55.4 Å². The number of nitrogens with one attached hydrogen (secondary N) is 1. The second-order valence-electron chi connectivity index (χ2n) is 9.44. The van der Waals surface area contributed by atoms with Gasteiger partial charge in [0.05, 0.1) is 7.11 Å². The molecule has 1 unspecified atom stereocenters. The number of aliphatic hydroxyl groups excluding tert-OH is 1. The predicted octanol–water partition coefficient (Wildman–Crippen LogP) is 4.81. The minimum Gasteiger partial charge on any atom is -0.497 e. The molecule has 0 spiro atoms. The Balaban J connectivity index is 3.10. The van der Waals surface area contributed by atoms with Gasteiger partial charge in [0.2, 0.25) is 0 Å². The van der Waals surface area contributed by atoms with E-state index in [2.05, 4.69) is 72.8 Å². The molecule has 0 aromatic heterocycles. The van der Waals surface area contributed by atoms with Crippen LogP contribution in [0.3, 0.4) is 0 Å². The summed E-state index contributed by atoms with van der Waals surface area (Å²) in [5, 5.41) is 13.8. The molecule has 1 rings (SSSR count). The van der Waals surface area contributed by atoms with Gasteiger partial charge in [0.15, 0.2) is 0 Å². The number of ether oxygens (including phenoxy) is 2. The van der Waals surface area contributed by atoms with Crippen LogP contribution >= 0.6 is 0 Å². The Morgan fingerprint density at radius 3 is 1.81 bits per heavy atom. The van der Waals surface area contributed by atoms with Crippen LogP contribution in [0, 0.1) is 0 Å². The van der Waals surface area contributed by atoms with Gasteiger partial charge < -0.3 is 19.9 Å². The highest BCUT2D eigenvalue weighted by Crippen LogP contribution is 2.42. The third-order valence-corrected chi connectivity index (χ3v) is 4.96. The van der Waals surface area contributed by atoms with Crippen molar-refractivity contribution in [1.29, 1.82) is 0 Å². The molecule has 0 radical (unpaired) electrons. The lowest BCUT2D eigenvalue weighted by Gasteiger charge is -2.31. The van der Waals surface area contributed by atoms with Crippen LogP contribution in [0.1, 0.15) is 79.4 Å². The summed E-state index contributed by atoms with van der Waals surface area (Å²) in [6, 6.07) is 4.55. The summed E-state index contributed by atoms with van der Waals surface area (Å²) >= 11 is 0. The molecule has 0 aliphatic heterocycles. The Bertz CT molecular complexity index is 545. The van der Waals surface area contributed by atoms with Crippen LogP contribution in [-0.2, 0) is 10.8 Å². The molecule has 1 aromatic carbocycles. The molecular weight excluding hydrogens is 338 g/mol. The number of hydrogen-bond acceptors (Lipinski definition) is 4. The van der Waals surface area contributed by atoms with Gasteiger partial charge in [-0.25, -0.2) is 0 Å². The molecule has 0 fully saturated rings. The number of hydrogen-bond donors (Lipinski definition) is 2. The fourth-order valence-corrected chi connectivity index (χ4v) is 3.11. The molecule has 0 amide bonds. The van der Waals surface area contributed by atoms with Gasteiger partial charge in [-0.2, -0.15) is 0 Å². The maximum Gasteiger partial charge on any atom is 0.127 e. The summed E-state index contributed by atoms with van der Waals surface area (Å²) in [5.74, 6) is 1.71. The van der Waals surface area contributed by atoms with Gasteiger partial charge >= 0.3 is 0 Å². The lowest BCUT2D eigenvalue weighted by atomic mass is 9.79. The fourth-order valence-electron chi connectivity index (χ4n) is 3.11. The molecule has 27 heavy (non-hydrogen) atoms. The first kappa shape index (κ1) is 23.8. The van der Waals surface area contributed by atoms with Crippen molar-refractivity contribution in [2.24, 2.45) is 0 Å². The van der Waals surface area contributed by atoms with E-state index >= 15 is 0 Å². The summed E-state index contributed by atoms with van der Waals surface area (Å²) < 4.78 is 11.8. The third kappa shape index (κ3) is 7.00. The fraction of sp³-hybridized carbons (Fsp3) is 0.739. The zero-order valence-corrected chi connectivity index (χ0v) is 18.9. The number of aliphatic hydroxyl groups is 1. The average Bonchev–Trinajstić information content (AvgIpc) is 2.58. The van der Waals surface area contributed by atoms with Crippen molar-refractivity contribution >= 4 is 0 Å². The Kier molecular flexibility index (Phi) is 8.62. The van der Waals surface area contributed by atoms with Crippen molar-refractivity contribution in [3.63, 3.8) is 0 Å². The van der Waals surface area contributed by atoms with E-state index in [4.69, 9.17) is 9.47 Å². The zero-order valence-electron chi connectivity index (χ0n) is 18.9. The van der Waals surface area contributed by atoms with E-state index in [1.54, 1.807) is 7.11 Å². The Labute approximate surface area is 166 Å². The first-order chi connectivity index (χ1) is 12.4. The molecule has 0 bridgehead atoms. The van der Waals surface area contributed by atoms with Gasteiger partial charge in [0.1, 0.15) is 24.2 Å². The lowest BCUT2D eigenvalue weighted by molar-refractivity contribution is 0.101. The molecule has 0 saturated heterocycles. The van der Waals surface area contributed by atoms with Crippen LogP contribution < -0.4 is 14.8 Å². The van der Waals surface area contributed by atoms with E-state index in [1.807, 2.05) is 0 Å². The van der Waals surface area contributed by atoms with Crippen molar-refractivity contribution in [3.8, 4) is 11.5 Å². The molecule has 4 nitrogen and oxygen atoms in total. The van der Waals surface area contributed by atoms with Gasteiger partial charge in [0, 0.05) is 23.7 Å². The second kappa shape index (κ2) is 9.79. The molecule has 1 aromatic rings. The minimum absolute atomic E-state index is 0.0947. The normalized spacial score (nSPS) is 13.7. The monoisotopic (exact) mass is 379 g/mol. The van der Waals surface area contributed by atoms with Crippen molar-refractivity contribution in [2.45, 2.75) is 91.2 Å². The molecule has 0 aliphatic rings. The van der Waals surface area contributed by atoms with E-state index in [-0.39, 0.29) is 17.4 Å². The highest BCUT2D eigenvalue weighted by Gasteiger charge is 2.28. The highest BCUT2D eigenvalue weighted by atomic mass is 16.5. The summed E-state index contributed by atoms with van der Waals surface area (Å²) in [5.41, 5.74) is 2.02. The first-order valence-electron chi connectivity index (χ1n) is 10.2. The molecule has 2 N–H and O–H groups in total. The average molecular weight is 380 g/mol. The van der Waals surface area contributed by atoms with Gasteiger partial charge in [0.25, 0.3) is 0 Å². The maximum absolute atomic E-state index is 10.4. The van der Waals surface area contributed by atoms with Gasteiger partial charge in [-0.15, -0.1) is 0 Å². The van der Waals surface area contributed by atoms with E-state index in [1.165, 1.54) is 0 Å². The number of methoxy groups -OCH3 is 1. The zero-order chi connectivity index (χ0) is 20.8. The third-order valence-electron chi connectivity index (χ3n) is 4.96. The summed E-state index contributed by atoms with van der Waals surface area (Å²) in [6.07, 6.45) is 1.57. The molecular formula is C23H41NO3. The predicted molar refractivity (Wildman–Crippen MR) is 114 cm³/mol. The summed E-state index contributed by atoms with van der Waals surface area (Å²) in [6.45, 7) is 18.2. The summed E-state index contributed by atoms with van der Waals surface area (Å²) in [4.78, 5) is 0. The van der Waals surface area contributed by atoms with Crippen molar-refractivity contribution in [2.75, 3.05) is 20.3 Å². The largest absolute Gasteiger partial charge is 0.497 e. The van der Waals surface area contributed by atoms with Crippen LogP contribution in [-0.4, -0.2) is 37.5 Å². The van der Waals surface area contributed by atoms with Crippen LogP contribution in [0.2, 0.25) is 0 Å². The molecule has 4 heteroatoms. The molecule has 0 heterocycles. The smallest absolute Gasteiger partial charge is 0.127 e. The lowest BCUT2D eigenvalue weighted by Crippen LogP contribution is -2.37. The van der Waals surface area contributed by atoms with Gasteiger partial charge in [-0.05, 0) is 35.8 Å². The van der Waals surface area contributed by atoms with E-state index in [0.29, 0.717) is 12.6 Å². The molecule has 0 aliphatic carbocycles. The quantitative estimate of drug-likeness (QED) is 0.646. The Morgan fingerprint density at radius 1 is 0.963 bits per heavy atom. The highest BCUT2D eigenvalue weighted by molar-refractivity contribution is 5.52. The molecule has 156 valence electrons. The van der Waals surface area contributed by atoms with E-state index in [0.717, 1.165) is 35.5 Å². The van der Waals surface area contributed by atoms with Gasteiger partial charge in [-0.3, -0.25) is 0 Å². The van der Waals surface area contributed by atoms with Crippen molar-refractivity contribution < 1.29 is 14.6 Å². The Hall–Kier alpha value is -1.26. The minimum atomic E-state index is -0.548. The van der Waals surface area contributed by atoms with Crippen molar-refractivity contribution in [1.82, 2.24) is 5.32 Å². The maximum atomic E-state index is 10.4. The SMILES string of the molecule is CCC(CC)NCC(O)COc1c(C(C)(C)C)cc(OC)cc1C(C)(C)C. The van der Waals surface area contributed by atoms with E-state index in [9.17, 15) is 5.11 Å². The summed E-state index contributed by atoms with van der Waals surface area (Å²) in [7, 11) is 1.70.